The lowest BCUT2D eigenvalue weighted by Gasteiger charge is -2.38. The quantitative estimate of drug-likeness (QED) is 0.861. The predicted molar refractivity (Wildman–Crippen MR) is 97.0 cm³/mol. The fourth-order valence-electron chi connectivity index (χ4n) is 5.72. The average Bonchev–Trinajstić information content (AvgIpc) is 3.32. The summed E-state index contributed by atoms with van der Waals surface area (Å²) in [6.45, 7) is 1.12. The number of carbonyl (C=O) groups is 3. The Morgan fingerprint density at radius 2 is 2.04 bits per heavy atom. The highest BCUT2D eigenvalue weighted by Crippen LogP contribution is 2.66. The zero-order chi connectivity index (χ0) is 18.8. The lowest BCUT2D eigenvalue weighted by Crippen LogP contribution is -2.47. The number of piperidine rings is 1. The Hall–Kier alpha value is -2.37. The van der Waals surface area contributed by atoms with Crippen LogP contribution < -0.4 is 10.5 Å². The Kier molecular flexibility index (Phi) is 3.61. The van der Waals surface area contributed by atoms with E-state index in [-0.39, 0.29) is 35.4 Å². The zero-order valence-electron chi connectivity index (χ0n) is 15.2. The standard InChI is InChI=1S/C21H24N2O4/c22-19(25)12-4-3-9-23(11-12)20(26)17-14-7-8-21(18(14)17)10-15(24)13-5-1-2-6-16(13)27-21/h1-2,5-6,12,14,17-18H,3-4,7-11H2,(H2,22,25)/t12-,14+,17+,18+,21-/m0/s1. The van der Waals surface area contributed by atoms with Gasteiger partial charge in [-0.1, -0.05) is 12.1 Å². The maximum atomic E-state index is 13.1. The van der Waals surface area contributed by atoms with E-state index in [1.807, 2.05) is 29.2 Å². The first-order chi connectivity index (χ1) is 13.0. The second kappa shape index (κ2) is 5.81. The molecule has 0 unspecified atom stereocenters. The van der Waals surface area contributed by atoms with Gasteiger partial charge in [-0.05, 0) is 43.7 Å². The van der Waals surface area contributed by atoms with Crippen LogP contribution in [0.4, 0.5) is 0 Å². The van der Waals surface area contributed by atoms with Crippen molar-refractivity contribution in [3.8, 4) is 5.75 Å². The minimum atomic E-state index is -0.532. The van der Waals surface area contributed by atoms with Gasteiger partial charge in [0.2, 0.25) is 11.8 Å². The molecular weight excluding hydrogens is 344 g/mol. The summed E-state index contributed by atoms with van der Waals surface area (Å²) in [5, 5.41) is 0. The molecule has 2 N–H and O–H groups in total. The third kappa shape index (κ3) is 2.49. The van der Waals surface area contributed by atoms with Gasteiger partial charge in [-0.2, -0.15) is 0 Å². The highest BCUT2D eigenvalue weighted by atomic mass is 16.5. The molecule has 142 valence electrons. The molecule has 1 spiro atoms. The maximum absolute atomic E-state index is 13.1. The molecule has 0 aromatic heterocycles. The number of rotatable bonds is 2. The van der Waals surface area contributed by atoms with E-state index in [0.29, 0.717) is 36.7 Å². The molecule has 6 heteroatoms. The summed E-state index contributed by atoms with van der Waals surface area (Å²) in [6.07, 6.45) is 3.68. The third-order valence-electron chi connectivity index (χ3n) is 7.06. The van der Waals surface area contributed by atoms with Crippen LogP contribution in [-0.2, 0) is 9.59 Å². The molecular formula is C21H24N2O4. The summed E-state index contributed by atoms with van der Waals surface area (Å²) < 4.78 is 6.37. The number of amides is 2. The van der Waals surface area contributed by atoms with Gasteiger partial charge in [0.1, 0.15) is 11.4 Å². The number of ether oxygens (including phenoxy) is 1. The molecule has 2 heterocycles. The average molecular weight is 368 g/mol. The first-order valence-electron chi connectivity index (χ1n) is 9.89. The fourth-order valence-corrected chi connectivity index (χ4v) is 5.72. The van der Waals surface area contributed by atoms with E-state index >= 15 is 0 Å². The van der Waals surface area contributed by atoms with Crippen LogP contribution in [0.15, 0.2) is 24.3 Å². The Balaban J connectivity index is 1.35. The third-order valence-corrected chi connectivity index (χ3v) is 7.06. The SMILES string of the molecule is NC(=O)[C@H]1CCCN(C(=O)[C@@H]2[C@H]3CC[C@]4(CC(=O)c5ccccc5O4)[C@H]32)C1. The lowest BCUT2D eigenvalue weighted by molar-refractivity contribution is -0.137. The van der Waals surface area contributed by atoms with Crippen molar-refractivity contribution in [3.05, 3.63) is 29.8 Å². The van der Waals surface area contributed by atoms with Crippen LogP contribution in [0.25, 0.3) is 0 Å². The Morgan fingerprint density at radius 3 is 2.85 bits per heavy atom. The largest absolute Gasteiger partial charge is 0.486 e. The number of carbonyl (C=O) groups excluding carboxylic acids is 3. The van der Waals surface area contributed by atoms with E-state index in [1.54, 1.807) is 0 Å². The van der Waals surface area contributed by atoms with Crippen molar-refractivity contribution >= 4 is 17.6 Å². The Bertz CT molecular complexity index is 837. The normalized spacial score (nSPS) is 36.7. The van der Waals surface area contributed by atoms with E-state index in [0.717, 1.165) is 25.7 Å². The van der Waals surface area contributed by atoms with Crippen LogP contribution in [0.3, 0.4) is 0 Å². The van der Waals surface area contributed by atoms with E-state index in [1.165, 1.54) is 0 Å². The molecule has 0 radical (unpaired) electrons. The minimum absolute atomic E-state index is 0.0801. The number of para-hydroxylation sites is 1. The van der Waals surface area contributed by atoms with Gasteiger partial charge in [-0.3, -0.25) is 14.4 Å². The van der Waals surface area contributed by atoms with Gasteiger partial charge in [-0.15, -0.1) is 0 Å². The van der Waals surface area contributed by atoms with Crippen LogP contribution in [0.5, 0.6) is 5.75 Å². The summed E-state index contributed by atoms with van der Waals surface area (Å²) in [5.74, 6) is 0.642. The topological polar surface area (TPSA) is 89.7 Å². The molecule has 1 aromatic carbocycles. The van der Waals surface area contributed by atoms with Crippen molar-refractivity contribution in [3.63, 3.8) is 0 Å². The molecule has 2 aliphatic heterocycles. The summed E-state index contributed by atoms with van der Waals surface area (Å²) in [6, 6.07) is 7.39. The molecule has 5 rings (SSSR count). The van der Waals surface area contributed by atoms with E-state index in [4.69, 9.17) is 10.5 Å². The van der Waals surface area contributed by atoms with Gasteiger partial charge < -0.3 is 15.4 Å². The first-order valence-corrected chi connectivity index (χ1v) is 9.89. The number of primary amides is 1. The van der Waals surface area contributed by atoms with Crippen LogP contribution in [0, 0.1) is 23.7 Å². The number of hydrogen-bond donors (Lipinski definition) is 1. The number of Topliss-reactive ketones (excluding diaryl/α,β-unsaturated/α-hetero) is 1. The maximum Gasteiger partial charge on any atom is 0.226 e. The molecule has 27 heavy (non-hydrogen) atoms. The van der Waals surface area contributed by atoms with Crippen molar-refractivity contribution in [2.75, 3.05) is 13.1 Å². The number of fused-ring (bicyclic) bond motifs is 3. The van der Waals surface area contributed by atoms with Gasteiger partial charge in [-0.25, -0.2) is 0 Å². The number of ketones is 1. The van der Waals surface area contributed by atoms with Crippen LogP contribution in [0.2, 0.25) is 0 Å². The fraction of sp³-hybridized carbons (Fsp3) is 0.571. The van der Waals surface area contributed by atoms with Crippen LogP contribution in [-0.4, -0.2) is 41.2 Å². The van der Waals surface area contributed by atoms with Crippen molar-refractivity contribution < 1.29 is 19.1 Å². The van der Waals surface area contributed by atoms with E-state index in [9.17, 15) is 14.4 Å². The monoisotopic (exact) mass is 368 g/mol. The number of likely N-dealkylation sites (tertiary alicyclic amines) is 1. The van der Waals surface area contributed by atoms with Crippen molar-refractivity contribution in [2.24, 2.45) is 29.4 Å². The van der Waals surface area contributed by atoms with Gasteiger partial charge in [0.15, 0.2) is 5.78 Å². The molecule has 1 aromatic rings. The van der Waals surface area contributed by atoms with Gasteiger partial charge >= 0.3 is 0 Å². The predicted octanol–water partition coefficient (Wildman–Crippen LogP) is 1.77. The van der Waals surface area contributed by atoms with E-state index in [2.05, 4.69) is 0 Å². The highest BCUT2D eigenvalue weighted by molar-refractivity contribution is 6.00. The Morgan fingerprint density at radius 1 is 1.22 bits per heavy atom. The highest BCUT2D eigenvalue weighted by Gasteiger charge is 2.71. The van der Waals surface area contributed by atoms with Crippen molar-refractivity contribution in [1.82, 2.24) is 4.90 Å². The second-order valence-corrected chi connectivity index (χ2v) is 8.54. The molecule has 3 fully saturated rings. The number of hydrogen-bond acceptors (Lipinski definition) is 4. The second-order valence-electron chi connectivity index (χ2n) is 8.54. The lowest BCUT2D eigenvalue weighted by atomic mass is 9.84. The minimum Gasteiger partial charge on any atom is -0.486 e. The first kappa shape index (κ1) is 16.8. The van der Waals surface area contributed by atoms with Crippen molar-refractivity contribution in [1.29, 1.82) is 0 Å². The molecule has 0 bridgehead atoms. The summed E-state index contributed by atoms with van der Waals surface area (Å²) in [7, 11) is 0. The molecule has 4 aliphatic rings. The summed E-state index contributed by atoms with van der Waals surface area (Å²) in [5.41, 5.74) is 5.57. The number of benzene rings is 1. The number of nitrogens with two attached hydrogens (primary N) is 1. The van der Waals surface area contributed by atoms with Crippen LogP contribution in [0.1, 0.15) is 42.5 Å². The zero-order valence-corrected chi connectivity index (χ0v) is 15.2. The van der Waals surface area contributed by atoms with Gasteiger partial charge in [0.05, 0.1) is 17.9 Å². The summed E-state index contributed by atoms with van der Waals surface area (Å²) >= 11 is 0. The molecule has 5 atom stereocenters. The molecule has 2 aliphatic carbocycles. The molecule has 2 amide bonds. The molecule has 2 saturated carbocycles. The molecule has 6 nitrogen and oxygen atoms in total. The van der Waals surface area contributed by atoms with Gasteiger partial charge in [0.25, 0.3) is 0 Å². The van der Waals surface area contributed by atoms with Crippen LogP contribution >= 0.6 is 0 Å². The smallest absolute Gasteiger partial charge is 0.226 e. The number of nitrogens with zero attached hydrogens (tertiary/aromatic N) is 1. The van der Waals surface area contributed by atoms with Crippen molar-refractivity contribution in [2.45, 2.75) is 37.7 Å². The Labute approximate surface area is 158 Å². The summed E-state index contributed by atoms with van der Waals surface area (Å²) in [4.78, 5) is 39.1. The van der Waals surface area contributed by atoms with Gasteiger partial charge in [0, 0.05) is 24.9 Å². The molecule has 1 saturated heterocycles. The van der Waals surface area contributed by atoms with E-state index < -0.39 is 5.60 Å².